The Hall–Kier alpha value is -2.13. The zero-order chi connectivity index (χ0) is 14.0. The van der Waals surface area contributed by atoms with E-state index in [1.807, 2.05) is 0 Å². The molecule has 0 amide bonds. The first-order chi connectivity index (χ1) is 8.90. The van der Waals surface area contributed by atoms with Gasteiger partial charge in [0.1, 0.15) is 17.1 Å². The molecule has 2 heterocycles. The number of rotatable bonds is 5. The van der Waals surface area contributed by atoms with Crippen molar-refractivity contribution >= 4 is 16.0 Å². The van der Waals surface area contributed by atoms with Crippen LogP contribution in [0.1, 0.15) is 21.9 Å². The highest BCUT2D eigenvalue weighted by Gasteiger charge is 2.18. The van der Waals surface area contributed by atoms with Crippen LogP contribution in [0.4, 0.5) is 0 Å². The van der Waals surface area contributed by atoms with Crippen LogP contribution in [0, 0.1) is 6.92 Å². The van der Waals surface area contributed by atoms with Gasteiger partial charge in [0.2, 0.25) is 0 Å². The number of sulfonamides is 1. The summed E-state index contributed by atoms with van der Waals surface area (Å²) in [6, 6.07) is 2.59. The molecule has 8 nitrogen and oxygen atoms in total. The van der Waals surface area contributed by atoms with Crippen molar-refractivity contribution in [2.45, 2.75) is 18.5 Å². The van der Waals surface area contributed by atoms with E-state index >= 15 is 0 Å². The van der Waals surface area contributed by atoms with Crippen molar-refractivity contribution in [3.63, 3.8) is 0 Å². The lowest BCUT2D eigenvalue weighted by Crippen LogP contribution is -2.23. The normalized spacial score (nSPS) is 11.6. The summed E-state index contributed by atoms with van der Waals surface area (Å²) in [5.41, 5.74) is 0.00994. The molecule has 2 rings (SSSR count). The van der Waals surface area contributed by atoms with E-state index in [9.17, 15) is 13.2 Å². The molecule has 2 aromatic rings. The second-order valence-electron chi connectivity index (χ2n) is 3.73. The molecule has 0 aromatic carbocycles. The topological polar surface area (TPSA) is 125 Å². The number of aryl methyl sites for hydroxylation is 1. The number of aromatic amines is 1. The standard InChI is InChI=1S/C10H11N3O5S/c1-6-8(10(14)15)4-7(18-6)5-12-19(16,17)9-2-3-11-13-9/h2-4,12H,5H2,1H3,(H,11,13)(H,14,15). The number of H-pyrrole nitrogens is 1. The van der Waals surface area contributed by atoms with Gasteiger partial charge in [-0.3, -0.25) is 5.10 Å². The van der Waals surface area contributed by atoms with Crippen LogP contribution in [0.5, 0.6) is 0 Å². The lowest BCUT2D eigenvalue weighted by atomic mass is 10.2. The summed E-state index contributed by atoms with van der Waals surface area (Å²) in [4.78, 5) is 10.8. The van der Waals surface area contributed by atoms with Crippen molar-refractivity contribution in [2.75, 3.05) is 0 Å². The lowest BCUT2D eigenvalue weighted by molar-refractivity contribution is 0.0695. The molecule has 0 atom stereocenters. The Balaban J connectivity index is 2.11. The summed E-state index contributed by atoms with van der Waals surface area (Å²) >= 11 is 0. The summed E-state index contributed by atoms with van der Waals surface area (Å²) in [6.45, 7) is 1.35. The molecule has 2 aromatic heterocycles. The number of hydrogen-bond donors (Lipinski definition) is 3. The molecule has 0 fully saturated rings. The van der Waals surface area contributed by atoms with Crippen molar-refractivity contribution in [1.82, 2.24) is 14.9 Å². The van der Waals surface area contributed by atoms with E-state index in [-0.39, 0.29) is 28.7 Å². The van der Waals surface area contributed by atoms with Crippen LogP contribution in [0.15, 0.2) is 27.8 Å². The monoisotopic (exact) mass is 285 g/mol. The molecule has 0 bridgehead atoms. The highest BCUT2D eigenvalue weighted by molar-refractivity contribution is 7.89. The quantitative estimate of drug-likeness (QED) is 0.734. The minimum atomic E-state index is -3.71. The summed E-state index contributed by atoms with van der Waals surface area (Å²) in [5.74, 6) is -0.676. The number of carboxylic acids is 1. The zero-order valence-electron chi connectivity index (χ0n) is 9.87. The maximum absolute atomic E-state index is 11.8. The first kappa shape index (κ1) is 13.3. The van der Waals surface area contributed by atoms with Gasteiger partial charge in [0.05, 0.1) is 12.7 Å². The van der Waals surface area contributed by atoms with Crippen molar-refractivity contribution < 1.29 is 22.7 Å². The van der Waals surface area contributed by atoms with E-state index in [1.165, 1.54) is 25.3 Å². The van der Waals surface area contributed by atoms with E-state index in [0.717, 1.165) is 0 Å². The maximum Gasteiger partial charge on any atom is 0.339 e. The van der Waals surface area contributed by atoms with Gasteiger partial charge in [0.15, 0.2) is 5.03 Å². The molecule has 0 aliphatic rings. The minimum Gasteiger partial charge on any atom is -0.478 e. The van der Waals surface area contributed by atoms with E-state index < -0.39 is 16.0 Å². The minimum absolute atomic E-state index is 0.00994. The average molecular weight is 285 g/mol. The highest BCUT2D eigenvalue weighted by Crippen LogP contribution is 2.15. The highest BCUT2D eigenvalue weighted by atomic mass is 32.2. The van der Waals surface area contributed by atoms with Crippen molar-refractivity contribution in [2.24, 2.45) is 0 Å². The first-order valence-electron chi connectivity index (χ1n) is 5.22. The van der Waals surface area contributed by atoms with Gasteiger partial charge >= 0.3 is 5.97 Å². The predicted octanol–water partition coefficient (Wildman–Crippen LogP) is 0.488. The Kier molecular flexibility index (Phi) is 3.40. The first-order valence-corrected chi connectivity index (χ1v) is 6.70. The fourth-order valence-corrected chi connectivity index (χ4v) is 2.38. The number of furan rings is 1. The van der Waals surface area contributed by atoms with Gasteiger partial charge in [0, 0.05) is 0 Å². The van der Waals surface area contributed by atoms with Crippen molar-refractivity contribution in [1.29, 1.82) is 0 Å². The number of carbonyl (C=O) groups is 1. The Labute approximate surface area is 108 Å². The third-order valence-corrected chi connectivity index (χ3v) is 3.73. The van der Waals surface area contributed by atoms with Crippen molar-refractivity contribution in [3.05, 3.63) is 35.4 Å². The molecule has 0 aliphatic heterocycles. The molecule has 0 saturated carbocycles. The third kappa shape index (κ3) is 2.83. The molecule has 3 N–H and O–H groups in total. The van der Waals surface area contributed by atoms with Gasteiger partial charge in [0.25, 0.3) is 10.0 Å². The molecule has 0 spiro atoms. The largest absolute Gasteiger partial charge is 0.478 e. The van der Waals surface area contributed by atoms with Gasteiger partial charge in [-0.25, -0.2) is 17.9 Å². The number of nitrogens with zero attached hydrogens (tertiary/aromatic N) is 1. The fraction of sp³-hybridized carbons (Fsp3) is 0.200. The Bertz CT molecular complexity index is 687. The summed E-state index contributed by atoms with van der Waals surface area (Å²) < 4.78 is 30.9. The Morgan fingerprint density at radius 3 is 2.84 bits per heavy atom. The Morgan fingerprint density at radius 2 is 2.32 bits per heavy atom. The Morgan fingerprint density at radius 1 is 1.58 bits per heavy atom. The van der Waals surface area contributed by atoms with Crippen LogP contribution in [-0.2, 0) is 16.6 Å². The van der Waals surface area contributed by atoms with E-state index in [1.54, 1.807) is 0 Å². The number of aromatic carboxylic acids is 1. The van der Waals surface area contributed by atoms with Gasteiger partial charge in [-0.1, -0.05) is 0 Å². The lowest BCUT2D eigenvalue weighted by Gasteiger charge is -2.01. The molecule has 102 valence electrons. The van der Waals surface area contributed by atoms with Crippen LogP contribution in [0.3, 0.4) is 0 Å². The third-order valence-electron chi connectivity index (χ3n) is 2.40. The molecule has 9 heteroatoms. The van der Waals surface area contributed by atoms with Crippen molar-refractivity contribution in [3.8, 4) is 0 Å². The number of carboxylic acid groups (broad SMARTS) is 1. The molecule has 19 heavy (non-hydrogen) atoms. The fourth-order valence-electron chi connectivity index (χ4n) is 1.48. The number of hydrogen-bond acceptors (Lipinski definition) is 5. The SMILES string of the molecule is Cc1oc(CNS(=O)(=O)c2ccn[nH]2)cc1C(=O)O. The van der Waals surface area contributed by atoms with Gasteiger partial charge in [-0.2, -0.15) is 5.10 Å². The molecule has 0 saturated heterocycles. The average Bonchev–Trinajstić information content (AvgIpc) is 2.95. The zero-order valence-corrected chi connectivity index (χ0v) is 10.7. The summed E-state index contributed by atoms with van der Waals surface area (Å²) in [6.07, 6.45) is 1.31. The van der Waals surface area contributed by atoms with Gasteiger partial charge in [-0.15, -0.1) is 0 Å². The maximum atomic E-state index is 11.8. The molecular formula is C10H11N3O5S. The smallest absolute Gasteiger partial charge is 0.339 e. The van der Waals surface area contributed by atoms with Crippen LogP contribution in [0.25, 0.3) is 0 Å². The number of nitrogens with one attached hydrogen (secondary N) is 2. The van der Waals surface area contributed by atoms with E-state index in [2.05, 4.69) is 14.9 Å². The molecular weight excluding hydrogens is 274 g/mol. The molecule has 0 radical (unpaired) electrons. The predicted molar refractivity (Wildman–Crippen MR) is 63.0 cm³/mol. The van der Waals surface area contributed by atoms with Crippen LogP contribution < -0.4 is 4.72 Å². The summed E-state index contributed by atoms with van der Waals surface area (Å²) in [5, 5.41) is 14.6. The van der Waals surface area contributed by atoms with Gasteiger partial charge < -0.3 is 9.52 Å². The van der Waals surface area contributed by atoms with E-state index in [4.69, 9.17) is 9.52 Å². The van der Waals surface area contributed by atoms with Crippen LogP contribution in [0.2, 0.25) is 0 Å². The number of aromatic nitrogens is 2. The molecule has 0 aliphatic carbocycles. The van der Waals surface area contributed by atoms with Gasteiger partial charge in [-0.05, 0) is 19.1 Å². The second kappa shape index (κ2) is 4.86. The second-order valence-corrected chi connectivity index (χ2v) is 5.47. The van der Waals surface area contributed by atoms with Crippen LogP contribution in [-0.4, -0.2) is 29.7 Å². The molecule has 0 unspecified atom stereocenters. The van der Waals surface area contributed by atoms with Crippen LogP contribution >= 0.6 is 0 Å². The van der Waals surface area contributed by atoms with E-state index in [0.29, 0.717) is 0 Å². The summed E-state index contributed by atoms with van der Waals surface area (Å²) in [7, 11) is -3.71.